The Kier molecular flexibility index (Phi) is 4.04. The zero-order chi connectivity index (χ0) is 17.6. The minimum Gasteiger partial charge on any atom is -0.324 e. The minimum atomic E-state index is -0.0454. The van der Waals surface area contributed by atoms with Crippen LogP contribution in [0.15, 0.2) is 24.3 Å². The third kappa shape index (κ3) is 2.45. The predicted octanol–water partition coefficient (Wildman–Crippen LogP) is 3.26. The molecule has 1 aromatic carbocycles. The lowest BCUT2D eigenvalue weighted by atomic mass is 9.82. The van der Waals surface area contributed by atoms with Crippen LogP contribution in [0.1, 0.15) is 37.1 Å². The van der Waals surface area contributed by atoms with Gasteiger partial charge in [-0.1, -0.05) is 18.2 Å². The summed E-state index contributed by atoms with van der Waals surface area (Å²) in [4.78, 5) is 14.4. The van der Waals surface area contributed by atoms with Crippen molar-refractivity contribution in [3.8, 4) is 0 Å². The normalized spacial score (nSPS) is 18.7. The summed E-state index contributed by atoms with van der Waals surface area (Å²) in [7, 11) is 0. The summed E-state index contributed by atoms with van der Waals surface area (Å²) in [5, 5.41) is 4.94. The van der Waals surface area contributed by atoms with Gasteiger partial charge in [-0.2, -0.15) is 0 Å². The van der Waals surface area contributed by atoms with Crippen LogP contribution in [-0.4, -0.2) is 41.3 Å². The number of rotatable bonds is 3. The van der Waals surface area contributed by atoms with Gasteiger partial charge >= 0.3 is 6.03 Å². The van der Waals surface area contributed by atoms with E-state index in [1.165, 1.54) is 22.1 Å². The van der Waals surface area contributed by atoms with Gasteiger partial charge in [0, 0.05) is 30.2 Å². The molecule has 1 aliphatic heterocycles. The third-order valence-electron chi connectivity index (χ3n) is 5.61. The van der Waals surface area contributed by atoms with E-state index >= 15 is 0 Å². The first kappa shape index (κ1) is 16.2. The Hall–Kier alpha value is -2.27. The Labute approximate surface area is 148 Å². The Balaban J connectivity index is 1.83. The summed E-state index contributed by atoms with van der Waals surface area (Å²) in [5.74, 6) is 0. The van der Waals surface area contributed by atoms with Crippen LogP contribution >= 0.6 is 0 Å². The first-order chi connectivity index (χ1) is 12.2. The first-order valence-electron chi connectivity index (χ1n) is 9.28. The van der Waals surface area contributed by atoms with Crippen molar-refractivity contribution in [3.05, 3.63) is 41.1 Å². The highest BCUT2D eigenvalue weighted by Gasteiger charge is 2.30. The van der Waals surface area contributed by atoms with Gasteiger partial charge in [-0.25, -0.2) is 10.2 Å². The number of aromatic nitrogens is 1. The molecule has 5 heteroatoms. The zero-order valence-corrected chi connectivity index (χ0v) is 15.2. The number of nitrogens with zero attached hydrogens (tertiary/aromatic N) is 2. The number of fused-ring (bicyclic) bond motifs is 2. The monoisotopic (exact) mass is 338 g/mol. The zero-order valence-electron chi connectivity index (χ0n) is 15.2. The number of carbonyl (C=O) groups excluding carboxylic acids is 1. The number of hydrogen-bond acceptors (Lipinski definition) is 2. The molecule has 5 nitrogen and oxygen atoms in total. The summed E-state index contributed by atoms with van der Waals surface area (Å²) in [6.07, 6.45) is 4.44. The Morgan fingerprint density at radius 2 is 2.16 bits per heavy atom. The second-order valence-electron chi connectivity index (χ2n) is 6.85. The SMILES string of the molecule is CCN(CC)C(=O)Nn1c(C)c2c3c(cccc31)C1=CCCN[C@@H]1C2. The van der Waals surface area contributed by atoms with E-state index < -0.39 is 0 Å². The first-order valence-corrected chi connectivity index (χ1v) is 9.28. The van der Waals surface area contributed by atoms with Gasteiger partial charge in [0.05, 0.1) is 5.52 Å². The largest absolute Gasteiger partial charge is 0.336 e. The molecule has 25 heavy (non-hydrogen) atoms. The Morgan fingerprint density at radius 3 is 2.92 bits per heavy atom. The standard InChI is InChI=1S/C20H26N4O/c1-4-23(5-2)20(25)22-24-13(3)16-12-17-14(9-7-11-21-17)15-8-6-10-18(24)19(15)16/h6,8-10,17,21H,4-5,7,11-12H2,1-3H3,(H,22,25)/t17-/m1/s1. The van der Waals surface area contributed by atoms with E-state index in [0.29, 0.717) is 19.1 Å². The average Bonchev–Trinajstić information content (AvgIpc) is 2.90. The van der Waals surface area contributed by atoms with E-state index in [9.17, 15) is 4.79 Å². The molecule has 1 atom stereocenters. The second kappa shape index (κ2) is 6.23. The smallest absolute Gasteiger partial charge is 0.324 e. The average molecular weight is 338 g/mol. The molecule has 0 radical (unpaired) electrons. The summed E-state index contributed by atoms with van der Waals surface area (Å²) < 4.78 is 1.98. The number of urea groups is 1. The Bertz CT molecular complexity index is 860. The summed E-state index contributed by atoms with van der Waals surface area (Å²) in [6.45, 7) is 8.57. The molecule has 0 saturated heterocycles. The van der Waals surface area contributed by atoms with Crippen LogP contribution in [0.25, 0.3) is 16.5 Å². The maximum Gasteiger partial charge on any atom is 0.336 e. The fourth-order valence-corrected chi connectivity index (χ4v) is 4.27. The number of hydrogen-bond donors (Lipinski definition) is 2. The van der Waals surface area contributed by atoms with Crippen molar-refractivity contribution in [2.75, 3.05) is 25.1 Å². The van der Waals surface area contributed by atoms with Crippen molar-refractivity contribution >= 4 is 22.5 Å². The van der Waals surface area contributed by atoms with Crippen LogP contribution in [0.2, 0.25) is 0 Å². The van der Waals surface area contributed by atoms with Gasteiger partial charge in [0.25, 0.3) is 0 Å². The molecule has 0 spiro atoms. The maximum atomic E-state index is 12.6. The molecule has 1 aromatic heterocycles. The van der Waals surface area contributed by atoms with E-state index in [1.807, 2.05) is 18.5 Å². The number of nitrogens with one attached hydrogen (secondary N) is 2. The summed E-state index contributed by atoms with van der Waals surface area (Å²) in [5.41, 5.74) is 9.41. The molecule has 0 fully saturated rings. The van der Waals surface area contributed by atoms with Gasteiger partial charge in [0.15, 0.2) is 0 Å². The van der Waals surface area contributed by atoms with E-state index in [2.05, 4.69) is 41.9 Å². The van der Waals surface area contributed by atoms with Crippen LogP contribution in [-0.2, 0) is 6.42 Å². The number of benzene rings is 1. The topological polar surface area (TPSA) is 49.3 Å². The van der Waals surface area contributed by atoms with Crippen molar-refractivity contribution in [1.82, 2.24) is 14.9 Å². The van der Waals surface area contributed by atoms with Gasteiger partial charge in [-0.15, -0.1) is 0 Å². The molecule has 2 aliphatic rings. The number of carbonyl (C=O) groups is 1. The van der Waals surface area contributed by atoms with Crippen LogP contribution in [0.3, 0.4) is 0 Å². The maximum absolute atomic E-state index is 12.6. The molecule has 4 rings (SSSR count). The molecular weight excluding hydrogens is 312 g/mol. The molecule has 2 heterocycles. The van der Waals surface area contributed by atoms with Crippen LogP contribution in [0, 0.1) is 6.92 Å². The van der Waals surface area contributed by atoms with Gasteiger partial charge < -0.3 is 10.2 Å². The third-order valence-corrected chi connectivity index (χ3v) is 5.61. The molecule has 132 valence electrons. The molecular formula is C20H26N4O. The second-order valence-corrected chi connectivity index (χ2v) is 6.85. The predicted molar refractivity (Wildman–Crippen MR) is 102 cm³/mol. The highest BCUT2D eigenvalue weighted by atomic mass is 16.2. The van der Waals surface area contributed by atoms with Crippen molar-refractivity contribution in [2.45, 2.75) is 39.7 Å². The Morgan fingerprint density at radius 1 is 1.36 bits per heavy atom. The summed E-state index contributed by atoms with van der Waals surface area (Å²) >= 11 is 0. The highest BCUT2D eigenvalue weighted by molar-refractivity contribution is 6.00. The highest BCUT2D eigenvalue weighted by Crippen LogP contribution is 2.40. The fourth-order valence-electron chi connectivity index (χ4n) is 4.27. The molecule has 2 aromatic rings. The van der Waals surface area contributed by atoms with Crippen LogP contribution in [0.5, 0.6) is 0 Å². The van der Waals surface area contributed by atoms with Gasteiger partial charge in [0.2, 0.25) is 0 Å². The van der Waals surface area contributed by atoms with E-state index in [4.69, 9.17) is 0 Å². The molecule has 2 N–H and O–H groups in total. The van der Waals surface area contributed by atoms with Crippen molar-refractivity contribution < 1.29 is 4.79 Å². The quantitative estimate of drug-likeness (QED) is 0.902. The van der Waals surface area contributed by atoms with Gasteiger partial charge in [-0.05, 0) is 62.9 Å². The minimum absolute atomic E-state index is 0.0454. The van der Waals surface area contributed by atoms with E-state index in [1.54, 1.807) is 4.90 Å². The van der Waals surface area contributed by atoms with Crippen molar-refractivity contribution in [2.24, 2.45) is 0 Å². The van der Waals surface area contributed by atoms with E-state index in [-0.39, 0.29) is 6.03 Å². The molecule has 1 aliphatic carbocycles. The fraction of sp³-hybridized carbons (Fsp3) is 0.450. The van der Waals surface area contributed by atoms with Crippen molar-refractivity contribution in [1.29, 1.82) is 0 Å². The van der Waals surface area contributed by atoms with Gasteiger partial charge in [0.1, 0.15) is 0 Å². The molecule has 0 unspecified atom stereocenters. The van der Waals surface area contributed by atoms with Crippen LogP contribution < -0.4 is 10.7 Å². The molecule has 2 amide bonds. The lowest BCUT2D eigenvalue weighted by Gasteiger charge is -2.30. The van der Waals surface area contributed by atoms with Gasteiger partial charge in [-0.3, -0.25) is 4.68 Å². The lowest BCUT2D eigenvalue weighted by molar-refractivity contribution is 0.214. The lowest BCUT2D eigenvalue weighted by Crippen LogP contribution is -2.38. The summed E-state index contributed by atoms with van der Waals surface area (Å²) in [6, 6.07) is 6.76. The molecule has 0 saturated carbocycles. The molecule has 0 bridgehead atoms. The van der Waals surface area contributed by atoms with Crippen molar-refractivity contribution in [3.63, 3.8) is 0 Å². The van der Waals surface area contributed by atoms with E-state index in [0.717, 1.165) is 30.6 Å². The van der Waals surface area contributed by atoms with Crippen LogP contribution in [0.4, 0.5) is 4.79 Å². The number of amides is 2.